The smallest absolute Gasteiger partial charge is 0.260 e. The van der Waals surface area contributed by atoms with Gasteiger partial charge in [-0.3, -0.25) is 38.7 Å². The molecule has 3 heterocycles. The highest BCUT2D eigenvalue weighted by Gasteiger charge is 2.52. The fraction of sp³-hybridized carbons (Fsp3) is 0.439. The number of carbonyl (C=O) groups is 6. The van der Waals surface area contributed by atoms with Crippen LogP contribution in [0.5, 0.6) is 11.5 Å². The Balaban J connectivity index is 1.20. The molecule has 14 heteroatoms. The number of imide groups is 1. The monoisotopic (exact) mass is 754 g/mol. The third-order valence-corrected chi connectivity index (χ3v) is 10.7. The van der Waals surface area contributed by atoms with Gasteiger partial charge in [-0.05, 0) is 76.3 Å². The number of hydrogen-bond donors (Lipinski definition) is 3. The van der Waals surface area contributed by atoms with Gasteiger partial charge in [-0.25, -0.2) is 0 Å². The highest BCUT2D eigenvalue weighted by Crippen LogP contribution is 2.40. The zero-order chi connectivity index (χ0) is 40.4. The average molecular weight is 755 g/mol. The predicted octanol–water partition coefficient (Wildman–Crippen LogP) is 4.77. The van der Waals surface area contributed by atoms with Gasteiger partial charge >= 0.3 is 0 Å². The Kier molecular flexibility index (Phi) is 11.7. The Bertz CT molecular complexity index is 1960. The number of methoxy groups -OCH3 is 1. The summed E-state index contributed by atoms with van der Waals surface area (Å²) in [6, 6.07) is 8.33. The van der Waals surface area contributed by atoms with E-state index in [2.05, 4.69) is 20.9 Å². The number of nitrogens with one attached hydrogen (secondary N) is 3. The van der Waals surface area contributed by atoms with Crippen LogP contribution in [-0.4, -0.2) is 88.8 Å². The van der Waals surface area contributed by atoms with Crippen molar-refractivity contribution in [3.8, 4) is 11.5 Å². The van der Waals surface area contributed by atoms with Gasteiger partial charge in [0.05, 0.1) is 42.0 Å². The largest absolute Gasteiger partial charge is 0.493 e. The summed E-state index contributed by atoms with van der Waals surface area (Å²) in [5, 5.41) is 8.30. The highest BCUT2D eigenvalue weighted by atomic mass is 16.5. The van der Waals surface area contributed by atoms with Crippen molar-refractivity contribution < 1.29 is 38.2 Å². The molecule has 55 heavy (non-hydrogen) atoms. The molecule has 6 amide bonds. The molecule has 3 aliphatic heterocycles. The molecular formula is C41H50N6O8. The summed E-state index contributed by atoms with van der Waals surface area (Å²) in [4.78, 5) is 86.1. The maximum absolute atomic E-state index is 13.7. The molecule has 0 saturated heterocycles. The Labute approximate surface area is 321 Å². The third kappa shape index (κ3) is 8.03. The zero-order valence-electron chi connectivity index (χ0n) is 32.8. The van der Waals surface area contributed by atoms with Crippen LogP contribution in [0.2, 0.25) is 0 Å². The van der Waals surface area contributed by atoms with E-state index >= 15 is 0 Å². The second kappa shape index (κ2) is 15.9. The molecule has 5 rings (SSSR count). The third-order valence-electron chi connectivity index (χ3n) is 10.7. The Morgan fingerprint density at radius 2 is 1.58 bits per heavy atom. The van der Waals surface area contributed by atoms with Crippen molar-refractivity contribution in [3.05, 3.63) is 65.9 Å². The Hall–Kier alpha value is -5.79. The van der Waals surface area contributed by atoms with Crippen molar-refractivity contribution in [3.63, 3.8) is 0 Å². The number of ether oxygens (including phenoxy) is 2. The first-order valence-electron chi connectivity index (χ1n) is 18.4. The van der Waals surface area contributed by atoms with Crippen LogP contribution in [0, 0.1) is 11.3 Å². The molecule has 2 aromatic carbocycles. The molecule has 3 aliphatic rings. The predicted molar refractivity (Wildman–Crippen MR) is 208 cm³/mol. The van der Waals surface area contributed by atoms with Crippen molar-refractivity contribution in [2.45, 2.75) is 91.9 Å². The normalized spacial score (nSPS) is 17.7. The van der Waals surface area contributed by atoms with Crippen molar-refractivity contribution in [1.29, 1.82) is 0 Å². The lowest BCUT2D eigenvalue weighted by atomic mass is 9.72. The van der Waals surface area contributed by atoms with Crippen LogP contribution in [0.3, 0.4) is 0 Å². The summed E-state index contributed by atoms with van der Waals surface area (Å²) in [6.07, 6.45) is 7.28. The van der Waals surface area contributed by atoms with Gasteiger partial charge in [-0.1, -0.05) is 32.9 Å². The number of amides is 6. The molecule has 3 atom stereocenters. The summed E-state index contributed by atoms with van der Waals surface area (Å²) >= 11 is 0. The van der Waals surface area contributed by atoms with Crippen molar-refractivity contribution in [1.82, 2.24) is 20.4 Å². The second-order valence-corrected chi connectivity index (χ2v) is 15.3. The first kappa shape index (κ1) is 40.4. The van der Waals surface area contributed by atoms with Gasteiger partial charge in [-0.2, -0.15) is 0 Å². The Morgan fingerprint density at radius 1 is 0.927 bits per heavy atom. The van der Waals surface area contributed by atoms with Gasteiger partial charge in [0, 0.05) is 42.7 Å². The molecule has 292 valence electrons. The molecule has 0 aromatic heterocycles. The number of aliphatic imine (C=N–C) groups is 1. The van der Waals surface area contributed by atoms with E-state index in [1.807, 2.05) is 25.3 Å². The summed E-state index contributed by atoms with van der Waals surface area (Å²) in [5.74, 6) is -2.15. The average Bonchev–Trinajstić information content (AvgIpc) is 3.70. The summed E-state index contributed by atoms with van der Waals surface area (Å²) in [5.41, 5.74) is 0.717. The van der Waals surface area contributed by atoms with E-state index in [0.29, 0.717) is 41.5 Å². The molecule has 0 aliphatic carbocycles. The van der Waals surface area contributed by atoms with Crippen LogP contribution < -0.4 is 25.4 Å². The molecule has 2 aromatic rings. The first-order valence-corrected chi connectivity index (χ1v) is 18.4. The van der Waals surface area contributed by atoms with Crippen LogP contribution in [0.1, 0.15) is 84.2 Å². The number of rotatable bonds is 14. The molecule has 14 nitrogen and oxygen atoms in total. The molecule has 0 fully saturated rings. The molecular weight excluding hydrogens is 704 g/mol. The zero-order valence-corrected chi connectivity index (χ0v) is 32.8. The molecule has 0 radical (unpaired) electrons. The van der Waals surface area contributed by atoms with Crippen LogP contribution in [0.4, 0.5) is 11.4 Å². The van der Waals surface area contributed by atoms with E-state index in [0.717, 1.165) is 34.6 Å². The van der Waals surface area contributed by atoms with Gasteiger partial charge in [0.15, 0.2) is 11.5 Å². The van der Waals surface area contributed by atoms with Crippen molar-refractivity contribution >= 4 is 58.6 Å². The highest BCUT2D eigenvalue weighted by molar-refractivity contribution is 6.14. The van der Waals surface area contributed by atoms with E-state index in [-0.39, 0.29) is 17.9 Å². The quantitative estimate of drug-likeness (QED) is 0.231. The molecule has 3 N–H and O–H groups in total. The lowest BCUT2D eigenvalue weighted by molar-refractivity contribution is -0.153. The number of anilines is 1. The van der Waals surface area contributed by atoms with Crippen LogP contribution in [-0.2, 0) is 24.0 Å². The first-order chi connectivity index (χ1) is 25.9. The van der Waals surface area contributed by atoms with E-state index in [1.54, 1.807) is 83.8 Å². The van der Waals surface area contributed by atoms with Crippen molar-refractivity contribution in [2.24, 2.45) is 16.3 Å². The van der Waals surface area contributed by atoms with Crippen molar-refractivity contribution in [2.75, 3.05) is 19.0 Å². The van der Waals surface area contributed by atoms with Gasteiger partial charge in [0.25, 0.3) is 17.7 Å². The second-order valence-electron chi connectivity index (χ2n) is 15.3. The maximum Gasteiger partial charge on any atom is 0.260 e. The van der Waals surface area contributed by atoms with Crippen LogP contribution in [0.15, 0.2) is 59.7 Å². The number of carbonyl (C=O) groups excluding carboxylic acids is 6. The standard InChI is InChI=1S/C41H50N6O8/c1-10-17-55-32-20-30-29(19-31(32)54-9)38(52)46-22-26(18-28(46)21-42-30)25-11-13-27(14-12-25)44-36(50)24(4)43-37(51)35(23(2)3)45-39(53)40(5,6)41(7,8)47-33(48)15-16-34(47)49/h11-16,19-24,28,35H,10,17-18H2,1-9H3,(H,43,51)(H,44,50)(H,45,53). The lowest BCUT2D eigenvalue weighted by Crippen LogP contribution is -2.63. The molecule has 0 saturated carbocycles. The SMILES string of the molecule is CCCOc1cc2c(cc1OC)C(=O)N1C=C(c3ccc(NC(=O)C(C)NC(=O)C(NC(=O)C(C)(C)C(C)(C)N4C(=O)C=CC4=O)C(C)C)cc3)CC1C=N2. The summed E-state index contributed by atoms with van der Waals surface area (Å²) in [7, 11) is 1.53. The summed E-state index contributed by atoms with van der Waals surface area (Å²) < 4.78 is 11.3. The molecule has 0 spiro atoms. The van der Waals surface area contributed by atoms with Gasteiger partial charge in [-0.15, -0.1) is 0 Å². The van der Waals surface area contributed by atoms with Gasteiger partial charge in [0.1, 0.15) is 12.1 Å². The number of benzene rings is 2. The van der Waals surface area contributed by atoms with Crippen LogP contribution >= 0.6 is 0 Å². The van der Waals surface area contributed by atoms with Gasteiger partial charge < -0.3 is 30.3 Å². The van der Waals surface area contributed by atoms with E-state index in [9.17, 15) is 28.8 Å². The molecule has 3 unspecified atom stereocenters. The fourth-order valence-electron chi connectivity index (χ4n) is 6.54. The number of nitrogens with zero attached hydrogens (tertiary/aromatic N) is 3. The Morgan fingerprint density at radius 3 is 2.18 bits per heavy atom. The van der Waals surface area contributed by atoms with E-state index in [1.165, 1.54) is 7.11 Å². The lowest BCUT2D eigenvalue weighted by Gasteiger charge is -2.45. The topological polar surface area (TPSA) is 176 Å². The minimum absolute atomic E-state index is 0.202. The van der Waals surface area contributed by atoms with E-state index in [4.69, 9.17) is 9.47 Å². The fourth-order valence-corrected chi connectivity index (χ4v) is 6.54. The van der Waals surface area contributed by atoms with E-state index < -0.39 is 52.6 Å². The number of fused-ring (bicyclic) bond motifs is 2. The minimum Gasteiger partial charge on any atom is -0.493 e. The number of hydrogen-bond acceptors (Lipinski definition) is 9. The maximum atomic E-state index is 13.7. The van der Waals surface area contributed by atoms with Gasteiger partial charge in [0.2, 0.25) is 17.7 Å². The van der Waals surface area contributed by atoms with Crippen LogP contribution in [0.25, 0.3) is 5.57 Å². The minimum atomic E-state index is -1.28. The molecule has 0 bridgehead atoms. The summed E-state index contributed by atoms with van der Waals surface area (Å²) in [6.45, 7) is 14.1.